The highest BCUT2D eigenvalue weighted by Crippen LogP contribution is 2.43. The standard InChI is InChI=1S/C15H27N2O9PS/c1-15(2,10-26-27(23,24)25-3)9-12(19)16-5-4-11(18)17-6-7-28-14(22)8-13(20)21/h4-10H2,1-3H3,(H,16,19)(H,17,18)(H,20,21)(H,23,24). The average Bonchev–Trinajstić information content (AvgIpc) is 2.56. The van der Waals surface area contributed by atoms with Crippen LogP contribution in [0.2, 0.25) is 0 Å². The number of aliphatic carboxylic acids is 1. The van der Waals surface area contributed by atoms with Crippen molar-refractivity contribution >= 4 is 42.5 Å². The summed E-state index contributed by atoms with van der Waals surface area (Å²) in [7, 11) is -3.07. The number of carboxylic acids is 1. The Balaban J connectivity index is 3.95. The third kappa shape index (κ3) is 14.6. The molecule has 1 unspecified atom stereocenters. The summed E-state index contributed by atoms with van der Waals surface area (Å²) in [5.74, 6) is -1.61. The third-order valence-corrected chi connectivity index (χ3v) is 4.94. The second kappa shape index (κ2) is 12.9. The van der Waals surface area contributed by atoms with Crippen LogP contribution >= 0.6 is 19.6 Å². The van der Waals surface area contributed by atoms with Crippen LogP contribution in [0.25, 0.3) is 0 Å². The van der Waals surface area contributed by atoms with Crippen molar-refractivity contribution in [2.24, 2.45) is 5.41 Å². The minimum Gasteiger partial charge on any atom is -0.481 e. The van der Waals surface area contributed by atoms with Gasteiger partial charge in [-0.05, 0) is 5.41 Å². The molecule has 0 aromatic carbocycles. The Kier molecular flexibility index (Phi) is 12.2. The summed E-state index contributed by atoms with van der Waals surface area (Å²) < 4.78 is 20.3. The summed E-state index contributed by atoms with van der Waals surface area (Å²) in [6.45, 7) is 3.49. The van der Waals surface area contributed by atoms with Crippen LogP contribution in [0.15, 0.2) is 0 Å². The monoisotopic (exact) mass is 442 g/mol. The summed E-state index contributed by atoms with van der Waals surface area (Å²) in [5, 5.41) is 13.1. The number of amides is 2. The fraction of sp³-hybridized carbons (Fsp3) is 0.733. The maximum Gasteiger partial charge on any atom is 0.471 e. The van der Waals surface area contributed by atoms with E-state index in [0.717, 1.165) is 18.9 Å². The van der Waals surface area contributed by atoms with Gasteiger partial charge in [0.2, 0.25) is 11.8 Å². The highest BCUT2D eigenvalue weighted by molar-refractivity contribution is 8.13. The van der Waals surface area contributed by atoms with E-state index in [0.29, 0.717) is 0 Å². The average molecular weight is 442 g/mol. The zero-order valence-corrected chi connectivity index (χ0v) is 17.8. The van der Waals surface area contributed by atoms with Crippen molar-refractivity contribution in [2.75, 3.05) is 32.6 Å². The molecule has 0 radical (unpaired) electrons. The molecule has 0 aliphatic rings. The number of phosphoric acid groups is 1. The molecule has 0 aliphatic carbocycles. The Morgan fingerprint density at radius 2 is 1.71 bits per heavy atom. The van der Waals surface area contributed by atoms with Crippen LogP contribution in [0.4, 0.5) is 0 Å². The van der Waals surface area contributed by atoms with Gasteiger partial charge < -0.3 is 20.6 Å². The summed E-state index contributed by atoms with van der Waals surface area (Å²) in [5.41, 5.74) is -0.719. The summed E-state index contributed by atoms with van der Waals surface area (Å²) in [6, 6.07) is 0. The maximum atomic E-state index is 11.9. The van der Waals surface area contributed by atoms with Crippen molar-refractivity contribution in [2.45, 2.75) is 33.1 Å². The number of rotatable bonds is 14. The number of carboxylic acid groups (broad SMARTS) is 1. The second-order valence-electron chi connectivity index (χ2n) is 6.51. The summed E-state index contributed by atoms with van der Waals surface area (Å²) in [4.78, 5) is 54.2. The molecule has 0 aromatic heterocycles. The van der Waals surface area contributed by atoms with Crippen molar-refractivity contribution in [1.29, 1.82) is 0 Å². The number of carbonyl (C=O) groups is 4. The Morgan fingerprint density at radius 3 is 2.29 bits per heavy atom. The summed E-state index contributed by atoms with van der Waals surface area (Å²) in [6.07, 6.45) is -0.514. The van der Waals surface area contributed by atoms with Gasteiger partial charge in [-0.25, -0.2) is 4.57 Å². The van der Waals surface area contributed by atoms with E-state index in [2.05, 4.69) is 15.2 Å². The van der Waals surface area contributed by atoms with Gasteiger partial charge in [-0.1, -0.05) is 25.6 Å². The van der Waals surface area contributed by atoms with Crippen LogP contribution < -0.4 is 10.6 Å². The number of carbonyl (C=O) groups excluding carboxylic acids is 3. The SMILES string of the molecule is COP(=O)(O)OCC(C)(C)CC(=O)NCCC(=O)NCCSC(=O)CC(=O)O. The minimum atomic E-state index is -4.11. The predicted molar refractivity (Wildman–Crippen MR) is 102 cm³/mol. The number of hydrogen-bond donors (Lipinski definition) is 4. The van der Waals surface area contributed by atoms with Gasteiger partial charge in [0.15, 0.2) is 5.12 Å². The Bertz CT molecular complexity index is 612. The molecule has 0 fully saturated rings. The van der Waals surface area contributed by atoms with E-state index in [4.69, 9.17) is 9.63 Å². The lowest BCUT2D eigenvalue weighted by Gasteiger charge is -2.24. The Hall–Kier alpha value is -1.46. The van der Waals surface area contributed by atoms with Crippen molar-refractivity contribution in [3.63, 3.8) is 0 Å². The number of phosphoric ester groups is 1. The molecule has 0 bridgehead atoms. The van der Waals surface area contributed by atoms with E-state index in [1.807, 2.05) is 0 Å². The third-order valence-electron chi connectivity index (χ3n) is 3.15. The molecule has 0 saturated carbocycles. The van der Waals surface area contributed by atoms with Crippen molar-refractivity contribution in [3.8, 4) is 0 Å². The second-order valence-corrected chi connectivity index (χ2v) is 9.22. The van der Waals surface area contributed by atoms with E-state index in [9.17, 15) is 28.6 Å². The molecule has 0 saturated heterocycles. The molecule has 0 aromatic rings. The van der Waals surface area contributed by atoms with Gasteiger partial charge >= 0.3 is 13.8 Å². The Morgan fingerprint density at radius 1 is 1.11 bits per heavy atom. The first kappa shape index (κ1) is 26.5. The van der Waals surface area contributed by atoms with Crippen LogP contribution in [0.1, 0.15) is 33.1 Å². The molecule has 0 heterocycles. The van der Waals surface area contributed by atoms with Gasteiger partial charge in [0.25, 0.3) is 0 Å². The highest BCUT2D eigenvalue weighted by Gasteiger charge is 2.28. The van der Waals surface area contributed by atoms with Crippen LogP contribution in [-0.2, 0) is 32.8 Å². The van der Waals surface area contributed by atoms with Crippen LogP contribution in [0, 0.1) is 5.41 Å². The predicted octanol–water partition coefficient (Wildman–Crippen LogP) is 0.523. The topological polar surface area (TPSA) is 168 Å². The zero-order chi connectivity index (χ0) is 21.8. The molecule has 1 atom stereocenters. The van der Waals surface area contributed by atoms with Crippen LogP contribution in [0.5, 0.6) is 0 Å². The molecule has 4 N–H and O–H groups in total. The van der Waals surface area contributed by atoms with Gasteiger partial charge in [-0.15, -0.1) is 0 Å². The van der Waals surface area contributed by atoms with Crippen molar-refractivity contribution in [3.05, 3.63) is 0 Å². The molecule has 28 heavy (non-hydrogen) atoms. The number of hydrogen-bond acceptors (Lipinski definition) is 8. The first-order valence-corrected chi connectivity index (χ1v) is 10.8. The molecule has 162 valence electrons. The van der Waals surface area contributed by atoms with Gasteiger partial charge in [0.05, 0.1) is 6.61 Å². The highest BCUT2D eigenvalue weighted by atomic mass is 32.2. The maximum absolute atomic E-state index is 11.9. The first-order valence-electron chi connectivity index (χ1n) is 8.31. The molecule has 2 amide bonds. The van der Waals surface area contributed by atoms with Crippen molar-refractivity contribution in [1.82, 2.24) is 10.6 Å². The lowest BCUT2D eigenvalue weighted by atomic mass is 9.90. The van der Waals surface area contributed by atoms with E-state index in [1.165, 1.54) is 0 Å². The molecular weight excluding hydrogens is 415 g/mol. The quantitative estimate of drug-likeness (QED) is 0.169. The largest absolute Gasteiger partial charge is 0.481 e. The lowest BCUT2D eigenvalue weighted by molar-refractivity contribution is -0.138. The molecular formula is C15H27N2O9PS. The van der Waals surface area contributed by atoms with E-state index in [1.54, 1.807) is 13.8 Å². The van der Waals surface area contributed by atoms with Crippen molar-refractivity contribution < 1.29 is 42.8 Å². The zero-order valence-electron chi connectivity index (χ0n) is 16.1. The Labute approximate surface area is 167 Å². The van der Waals surface area contributed by atoms with Crippen LogP contribution in [0.3, 0.4) is 0 Å². The lowest BCUT2D eigenvalue weighted by Crippen LogP contribution is -2.34. The first-order chi connectivity index (χ1) is 12.9. The van der Waals surface area contributed by atoms with Gasteiger partial charge in [-0.3, -0.25) is 28.2 Å². The molecule has 0 rings (SSSR count). The number of nitrogens with one attached hydrogen (secondary N) is 2. The minimum absolute atomic E-state index is 0.0145. The normalized spacial score (nSPS) is 13.4. The molecule has 13 heteroatoms. The smallest absolute Gasteiger partial charge is 0.471 e. The van der Waals surface area contributed by atoms with Gasteiger partial charge in [0, 0.05) is 38.8 Å². The van der Waals surface area contributed by atoms with Crippen LogP contribution in [-0.4, -0.2) is 65.5 Å². The van der Waals surface area contributed by atoms with E-state index in [-0.39, 0.29) is 50.1 Å². The molecule has 11 nitrogen and oxygen atoms in total. The van der Waals surface area contributed by atoms with E-state index >= 15 is 0 Å². The number of thioether (sulfide) groups is 1. The van der Waals surface area contributed by atoms with Gasteiger partial charge in [-0.2, -0.15) is 0 Å². The summed E-state index contributed by atoms with van der Waals surface area (Å²) >= 11 is 0.827. The molecule has 0 spiro atoms. The van der Waals surface area contributed by atoms with E-state index < -0.39 is 30.7 Å². The van der Waals surface area contributed by atoms with Gasteiger partial charge in [0.1, 0.15) is 6.42 Å². The molecule has 0 aliphatic heterocycles. The fourth-order valence-corrected chi connectivity index (χ4v) is 3.07. The fourth-order valence-electron chi connectivity index (χ4n) is 1.79.